The topological polar surface area (TPSA) is 0 Å². The van der Waals surface area contributed by atoms with E-state index in [0.29, 0.717) is 0 Å². The average molecular weight is 635 g/mol. The van der Waals surface area contributed by atoms with Gasteiger partial charge in [0.05, 0.1) is 0 Å². The van der Waals surface area contributed by atoms with Gasteiger partial charge in [-0.05, 0) is 129 Å². The van der Waals surface area contributed by atoms with Gasteiger partial charge in [0.25, 0.3) is 0 Å². The van der Waals surface area contributed by atoms with Crippen molar-refractivity contribution in [3.05, 3.63) is 194 Å². The minimum atomic E-state index is 1.08. The van der Waals surface area contributed by atoms with E-state index in [4.69, 9.17) is 0 Å². The third-order valence-corrected chi connectivity index (χ3v) is 10.2. The van der Waals surface area contributed by atoms with Gasteiger partial charge in [-0.15, -0.1) is 0 Å². The fourth-order valence-corrected chi connectivity index (χ4v) is 7.66. The lowest BCUT2D eigenvalue weighted by Gasteiger charge is -2.19. The van der Waals surface area contributed by atoms with Crippen molar-refractivity contribution in [1.82, 2.24) is 0 Å². The summed E-state index contributed by atoms with van der Waals surface area (Å²) < 4.78 is 0. The van der Waals surface area contributed by atoms with E-state index in [1.807, 2.05) is 12.2 Å². The van der Waals surface area contributed by atoms with Gasteiger partial charge in [-0.1, -0.05) is 165 Å². The van der Waals surface area contributed by atoms with Crippen LogP contribution < -0.4 is 0 Å². The van der Waals surface area contributed by atoms with E-state index in [9.17, 15) is 0 Å². The predicted molar refractivity (Wildman–Crippen MR) is 218 cm³/mol. The Hall–Kier alpha value is -6.50. The molecule has 9 rings (SSSR count). The summed E-state index contributed by atoms with van der Waals surface area (Å²) in [5.74, 6) is 0. The van der Waals surface area contributed by atoms with Crippen LogP contribution in [0.1, 0.15) is 11.1 Å². The molecule has 0 aliphatic carbocycles. The van der Waals surface area contributed by atoms with E-state index in [1.54, 1.807) is 0 Å². The van der Waals surface area contributed by atoms with Crippen LogP contribution in [0.2, 0.25) is 0 Å². The van der Waals surface area contributed by atoms with E-state index in [1.165, 1.54) is 82.0 Å². The van der Waals surface area contributed by atoms with Crippen LogP contribution in [0.3, 0.4) is 0 Å². The lowest BCUT2D eigenvalue weighted by atomic mass is 9.84. The Kier molecular flexibility index (Phi) is 7.22. The highest BCUT2D eigenvalue weighted by molar-refractivity contribution is 6.22. The van der Waals surface area contributed by atoms with Gasteiger partial charge in [-0.25, -0.2) is 0 Å². The van der Waals surface area contributed by atoms with Gasteiger partial charge in [-0.2, -0.15) is 0 Å². The molecule has 0 saturated heterocycles. The molecule has 0 unspecified atom stereocenters. The summed E-state index contributed by atoms with van der Waals surface area (Å²) in [6.45, 7) is 8.01. The minimum absolute atomic E-state index is 1.08. The Balaban J connectivity index is 1.32. The van der Waals surface area contributed by atoms with E-state index < -0.39 is 0 Å². The molecule has 0 aliphatic rings. The predicted octanol–water partition coefficient (Wildman–Crippen LogP) is 14.3. The van der Waals surface area contributed by atoms with Crippen molar-refractivity contribution in [2.45, 2.75) is 0 Å². The number of hydrogen-bond acceptors (Lipinski definition) is 0. The summed E-state index contributed by atoms with van der Waals surface area (Å²) in [6.07, 6.45) is 3.79. The molecular weight excluding hydrogens is 601 g/mol. The lowest BCUT2D eigenvalue weighted by molar-refractivity contribution is 1.57. The van der Waals surface area contributed by atoms with Crippen molar-refractivity contribution < 1.29 is 0 Å². The maximum atomic E-state index is 4.04. The average Bonchev–Trinajstić information content (AvgIpc) is 3.19. The molecule has 0 atom stereocenters. The Morgan fingerprint density at radius 2 is 0.740 bits per heavy atom. The molecule has 0 saturated carbocycles. The first kappa shape index (κ1) is 29.6. The maximum absolute atomic E-state index is 4.04. The van der Waals surface area contributed by atoms with Crippen molar-refractivity contribution in [3.8, 4) is 44.5 Å². The molecule has 0 amide bonds. The minimum Gasteiger partial charge on any atom is -0.0984 e. The first-order valence-corrected chi connectivity index (χ1v) is 17.1. The SMILES string of the molecule is C=Cc1ccc(-c2cccc(-c3ccc4c(-c5ccc6ccccc6c5)c5ccccc5c(-c5ccc6ccccc6c5)c4c3)c2)cc1C=C. The van der Waals surface area contributed by atoms with Crippen molar-refractivity contribution in [3.63, 3.8) is 0 Å². The molecule has 234 valence electrons. The Morgan fingerprint density at radius 1 is 0.280 bits per heavy atom. The highest BCUT2D eigenvalue weighted by atomic mass is 14.2. The molecule has 0 radical (unpaired) electrons. The zero-order chi connectivity index (χ0) is 33.6. The fraction of sp³-hybridized carbons (Fsp3) is 0. The van der Waals surface area contributed by atoms with Crippen LogP contribution in [0.5, 0.6) is 0 Å². The summed E-state index contributed by atoms with van der Waals surface area (Å²) >= 11 is 0. The molecule has 0 heteroatoms. The molecule has 0 aliphatic heterocycles. The molecule has 0 nitrogen and oxygen atoms in total. The van der Waals surface area contributed by atoms with E-state index in [-0.39, 0.29) is 0 Å². The molecule has 0 aromatic heterocycles. The smallest absolute Gasteiger partial charge is 0.00259 e. The molecule has 0 fully saturated rings. The summed E-state index contributed by atoms with van der Waals surface area (Å²) in [5, 5.41) is 9.99. The summed E-state index contributed by atoms with van der Waals surface area (Å²) in [6, 6.07) is 62.4. The van der Waals surface area contributed by atoms with Gasteiger partial charge >= 0.3 is 0 Å². The van der Waals surface area contributed by atoms with Crippen LogP contribution in [0.25, 0.3) is 99.7 Å². The third-order valence-electron chi connectivity index (χ3n) is 10.2. The monoisotopic (exact) mass is 634 g/mol. The van der Waals surface area contributed by atoms with Gasteiger partial charge in [0.2, 0.25) is 0 Å². The second-order valence-corrected chi connectivity index (χ2v) is 13.0. The summed E-state index contributed by atoms with van der Waals surface area (Å²) in [4.78, 5) is 0. The van der Waals surface area contributed by atoms with E-state index in [0.717, 1.165) is 16.7 Å². The third kappa shape index (κ3) is 5.02. The highest BCUT2D eigenvalue weighted by Crippen LogP contribution is 2.46. The van der Waals surface area contributed by atoms with Crippen LogP contribution in [0, 0.1) is 0 Å². The standard InChI is InChI=1S/C50H34/c1-3-33-20-23-41(28-34(33)4-2)39-16-11-17-40(29-39)42-26-27-47-48(32-42)50(44-25-22-36-13-6-8-15-38(36)31-44)46-19-10-9-18-45(46)49(47)43-24-21-35-12-5-7-14-37(35)30-43/h3-32H,1-2H2. The first-order chi connectivity index (χ1) is 24.7. The zero-order valence-electron chi connectivity index (χ0n) is 27.7. The molecule has 9 aromatic carbocycles. The number of rotatable bonds is 6. The van der Waals surface area contributed by atoms with Crippen molar-refractivity contribution in [2.24, 2.45) is 0 Å². The molecule has 0 bridgehead atoms. The Morgan fingerprint density at radius 3 is 1.34 bits per heavy atom. The van der Waals surface area contributed by atoms with Gasteiger partial charge < -0.3 is 0 Å². The number of benzene rings is 9. The van der Waals surface area contributed by atoms with Crippen LogP contribution in [0.15, 0.2) is 183 Å². The first-order valence-electron chi connectivity index (χ1n) is 17.1. The second-order valence-electron chi connectivity index (χ2n) is 13.0. The number of fused-ring (bicyclic) bond motifs is 4. The normalized spacial score (nSPS) is 11.4. The van der Waals surface area contributed by atoms with Crippen LogP contribution in [-0.2, 0) is 0 Å². The second kappa shape index (κ2) is 12.2. The molecule has 0 heterocycles. The Bertz CT molecular complexity index is 2800. The quantitative estimate of drug-likeness (QED) is 0.160. The van der Waals surface area contributed by atoms with Gasteiger partial charge in [-0.3, -0.25) is 0 Å². The van der Waals surface area contributed by atoms with E-state index >= 15 is 0 Å². The molecule has 9 aromatic rings. The highest BCUT2D eigenvalue weighted by Gasteiger charge is 2.18. The van der Waals surface area contributed by atoms with Crippen LogP contribution in [0.4, 0.5) is 0 Å². The molecule has 0 N–H and O–H groups in total. The molecule has 50 heavy (non-hydrogen) atoms. The summed E-state index contributed by atoms with van der Waals surface area (Å²) in [5.41, 5.74) is 11.9. The van der Waals surface area contributed by atoms with Gasteiger partial charge in [0.15, 0.2) is 0 Å². The zero-order valence-corrected chi connectivity index (χ0v) is 27.7. The molecular formula is C50H34. The number of hydrogen-bond donors (Lipinski definition) is 0. The lowest BCUT2D eigenvalue weighted by Crippen LogP contribution is -1.92. The van der Waals surface area contributed by atoms with Gasteiger partial charge in [0, 0.05) is 0 Å². The summed E-state index contributed by atoms with van der Waals surface area (Å²) in [7, 11) is 0. The Labute approximate surface area is 292 Å². The fourth-order valence-electron chi connectivity index (χ4n) is 7.66. The maximum Gasteiger partial charge on any atom is -0.00259 e. The molecule has 0 spiro atoms. The van der Waals surface area contributed by atoms with E-state index in [2.05, 4.69) is 183 Å². The largest absolute Gasteiger partial charge is 0.0984 e. The van der Waals surface area contributed by atoms with Crippen LogP contribution >= 0.6 is 0 Å². The van der Waals surface area contributed by atoms with Crippen molar-refractivity contribution in [1.29, 1.82) is 0 Å². The van der Waals surface area contributed by atoms with Crippen molar-refractivity contribution >= 4 is 55.2 Å². The van der Waals surface area contributed by atoms with Crippen LogP contribution in [-0.4, -0.2) is 0 Å². The van der Waals surface area contributed by atoms with Gasteiger partial charge in [0.1, 0.15) is 0 Å². The van der Waals surface area contributed by atoms with Crippen molar-refractivity contribution in [2.75, 3.05) is 0 Å².